The fraction of sp³-hybridized carbons (Fsp3) is 0.812. The van der Waals surface area contributed by atoms with Crippen molar-refractivity contribution in [2.45, 2.75) is 52.9 Å². The molecule has 0 spiro atoms. The van der Waals surface area contributed by atoms with E-state index in [1.165, 1.54) is 0 Å². The minimum Gasteiger partial charge on any atom is -0.466 e. The maximum atomic E-state index is 12.2. The van der Waals surface area contributed by atoms with Gasteiger partial charge in [0.1, 0.15) is 0 Å². The Kier molecular flexibility index (Phi) is 11.5. The third-order valence-corrected chi connectivity index (χ3v) is 4.71. The number of thiocarbonyl (C=S) groups is 1. The fourth-order valence-corrected chi connectivity index (χ4v) is 2.74. The maximum absolute atomic E-state index is 12.2. The summed E-state index contributed by atoms with van der Waals surface area (Å²) in [4.78, 5) is 24.4. The van der Waals surface area contributed by atoms with Gasteiger partial charge in [-0.05, 0) is 38.9 Å². The molecule has 5 nitrogen and oxygen atoms in total. The first kappa shape index (κ1) is 22.3. The zero-order chi connectivity index (χ0) is 17.9. The molecule has 0 bridgehead atoms. The lowest BCUT2D eigenvalue weighted by Crippen LogP contribution is -2.47. The van der Waals surface area contributed by atoms with Crippen molar-refractivity contribution in [2.24, 2.45) is 5.92 Å². The monoisotopic (exact) mass is 364 g/mol. The SMILES string of the molecule is CCCCCC[N+](C)(S)C(=S)C(CC(=O)OCC)C(=O)OCC. The second-order valence-electron chi connectivity index (χ2n) is 5.58. The Morgan fingerprint density at radius 1 is 1.09 bits per heavy atom. The predicted molar refractivity (Wildman–Crippen MR) is 98.2 cm³/mol. The van der Waals surface area contributed by atoms with Crippen LogP contribution in [0.1, 0.15) is 52.9 Å². The van der Waals surface area contributed by atoms with Gasteiger partial charge in [-0.15, -0.1) is 0 Å². The van der Waals surface area contributed by atoms with Crippen LogP contribution in [-0.4, -0.2) is 47.6 Å². The number of nitrogens with zero attached hydrogens (tertiary/aromatic N) is 1. The molecule has 7 heteroatoms. The Balaban J connectivity index is 4.93. The van der Waals surface area contributed by atoms with Crippen LogP contribution < -0.4 is 0 Å². The van der Waals surface area contributed by atoms with Gasteiger partial charge in [-0.3, -0.25) is 9.59 Å². The molecule has 0 saturated carbocycles. The van der Waals surface area contributed by atoms with Gasteiger partial charge in [-0.25, -0.2) is 3.89 Å². The number of esters is 2. The zero-order valence-electron chi connectivity index (χ0n) is 14.7. The molecule has 2 unspecified atom stereocenters. The Morgan fingerprint density at radius 3 is 2.22 bits per heavy atom. The zero-order valence-corrected chi connectivity index (χ0v) is 16.4. The highest BCUT2D eigenvalue weighted by molar-refractivity contribution is 7.82. The van der Waals surface area contributed by atoms with Crippen LogP contribution in [0.5, 0.6) is 0 Å². The Morgan fingerprint density at radius 2 is 1.70 bits per heavy atom. The summed E-state index contributed by atoms with van der Waals surface area (Å²) in [7, 11) is 1.84. The van der Waals surface area contributed by atoms with Crippen molar-refractivity contribution in [3.63, 3.8) is 0 Å². The number of quaternary nitrogens is 1. The largest absolute Gasteiger partial charge is 0.466 e. The Bertz CT molecular complexity index is 400. The Hall–Kier alpha value is -0.660. The van der Waals surface area contributed by atoms with E-state index in [0.717, 1.165) is 25.7 Å². The number of rotatable bonds is 11. The number of thiol groups is 1. The lowest BCUT2D eigenvalue weighted by Gasteiger charge is -2.30. The molecule has 0 N–H and O–H groups in total. The van der Waals surface area contributed by atoms with Crippen molar-refractivity contribution in [3.05, 3.63) is 0 Å². The van der Waals surface area contributed by atoms with Gasteiger partial charge in [0.05, 0.1) is 46.0 Å². The third-order valence-electron chi connectivity index (χ3n) is 3.47. The molecule has 0 aliphatic carbocycles. The fourth-order valence-electron chi connectivity index (χ4n) is 2.19. The van der Waals surface area contributed by atoms with Crippen molar-refractivity contribution < 1.29 is 23.0 Å². The number of ether oxygens (including phenoxy) is 2. The lowest BCUT2D eigenvalue weighted by atomic mass is 10.0. The topological polar surface area (TPSA) is 52.6 Å². The van der Waals surface area contributed by atoms with Gasteiger partial charge >= 0.3 is 11.9 Å². The summed E-state index contributed by atoms with van der Waals surface area (Å²) in [5.41, 5.74) is 0. The molecule has 0 aliphatic heterocycles. The highest BCUT2D eigenvalue weighted by atomic mass is 32.1. The number of carbonyl (C=O) groups excluding carboxylic acids is 2. The van der Waals surface area contributed by atoms with Crippen LogP contribution in [0.4, 0.5) is 0 Å². The summed E-state index contributed by atoms with van der Waals surface area (Å²) in [6.45, 7) is 6.82. The van der Waals surface area contributed by atoms with Gasteiger partial charge < -0.3 is 9.47 Å². The predicted octanol–water partition coefficient (Wildman–Crippen LogP) is 3.32. The minimum absolute atomic E-state index is 0.102. The average Bonchev–Trinajstić information content (AvgIpc) is 2.49. The number of unbranched alkanes of at least 4 members (excludes halogenated alkanes) is 3. The van der Waals surface area contributed by atoms with E-state index in [9.17, 15) is 9.59 Å². The van der Waals surface area contributed by atoms with Crippen LogP contribution in [0.3, 0.4) is 0 Å². The van der Waals surface area contributed by atoms with E-state index < -0.39 is 17.9 Å². The van der Waals surface area contributed by atoms with Gasteiger partial charge in [-0.2, -0.15) is 0 Å². The first-order valence-corrected chi connectivity index (χ1v) is 9.05. The van der Waals surface area contributed by atoms with Gasteiger partial charge in [0.25, 0.3) is 0 Å². The molecule has 0 fully saturated rings. The quantitative estimate of drug-likeness (QED) is 0.200. The molecule has 134 valence electrons. The van der Waals surface area contributed by atoms with E-state index in [-0.39, 0.29) is 23.5 Å². The van der Waals surface area contributed by atoms with Crippen LogP contribution >= 0.6 is 25.0 Å². The van der Waals surface area contributed by atoms with Crippen molar-refractivity contribution in [1.29, 1.82) is 0 Å². The lowest BCUT2D eigenvalue weighted by molar-refractivity contribution is -0.670. The van der Waals surface area contributed by atoms with E-state index in [1.54, 1.807) is 13.8 Å². The normalized spacial score (nSPS) is 14.7. The first-order valence-electron chi connectivity index (χ1n) is 8.25. The van der Waals surface area contributed by atoms with Crippen molar-refractivity contribution >= 4 is 42.0 Å². The molecule has 0 saturated heterocycles. The molecule has 0 aromatic rings. The van der Waals surface area contributed by atoms with Crippen LogP contribution in [-0.2, 0) is 19.1 Å². The van der Waals surface area contributed by atoms with Gasteiger partial charge in [0, 0.05) is 0 Å². The number of hydrogen-bond acceptors (Lipinski definition) is 6. The van der Waals surface area contributed by atoms with Crippen LogP contribution in [0.15, 0.2) is 0 Å². The summed E-state index contributed by atoms with van der Waals surface area (Å²) in [5.74, 6) is -1.75. The van der Waals surface area contributed by atoms with E-state index in [1.807, 2.05) is 7.05 Å². The molecular weight excluding hydrogens is 334 g/mol. The molecule has 0 radical (unpaired) electrons. The summed E-state index contributed by atoms with van der Waals surface area (Å²) in [6, 6.07) is 0. The molecule has 23 heavy (non-hydrogen) atoms. The summed E-state index contributed by atoms with van der Waals surface area (Å²) >= 11 is 10.1. The van der Waals surface area contributed by atoms with E-state index in [0.29, 0.717) is 11.5 Å². The highest BCUT2D eigenvalue weighted by Crippen LogP contribution is 2.22. The van der Waals surface area contributed by atoms with Gasteiger partial charge in [0.2, 0.25) is 0 Å². The van der Waals surface area contributed by atoms with Crippen molar-refractivity contribution in [3.8, 4) is 0 Å². The minimum atomic E-state index is -0.808. The number of hydrogen-bond donors (Lipinski definition) is 1. The molecule has 0 amide bonds. The van der Waals surface area contributed by atoms with Gasteiger partial charge in [-0.1, -0.05) is 19.8 Å². The van der Waals surface area contributed by atoms with Crippen LogP contribution in [0.25, 0.3) is 0 Å². The standard InChI is InChI=1S/C16H30NO4S2/c1-5-8-9-10-11-17(4,23)15(22)13(16(19)21-7-3)12-14(18)20-6-2/h13,23H,5-12H2,1-4H3/q+1. The smallest absolute Gasteiger partial charge is 0.320 e. The van der Waals surface area contributed by atoms with E-state index in [2.05, 4.69) is 19.7 Å². The first-order chi connectivity index (χ1) is 10.8. The molecule has 0 heterocycles. The second kappa shape index (κ2) is 11.8. The van der Waals surface area contributed by atoms with Gasteiger partial charge in [0.15, 0.2) is 10.9 Å². The molecule has 0 rings (SSSR count). The second-order valence-corrected chi connectivity index (χ2v) is 6.88. The molecular formula is C16H30NO4S2+. The molecule has 2 atom stereocenters. The van der Waals surface area contributed by atoms with Crippen molar-refractivity contribution in [1.82, 2.24) is 0 Å². The highest BCUT2D eigenvalue weighted by Gasteiger charge is 2.39. The third kappa shape index (κ3) is 8.67. The molecule has 0 aromatic carbocycles. The summed E-state index contributed by atoms with van der Waals surface area (Å²) in [6.07, 6.45) is 4.26. The maximum Gasteiger partial charge on any atom is 0.320 e. The van der Waals surface area contributed by atoms with Crippen LogP contribution in [0, 0.1) is 5.92 Å². The van der Waals surface area contributed by atoms with E-state index >= 15 is 0 Å². The molecule has 0 aliphatic rings. The molecule has 0 aromatic heterocycles. The van der Waals surface area contributed by atoms with Crippen molar-refractivity contribution in [2.75, 3.05) is 26.8 Å². The average molecular weight is 365 g/mol. The van der Waals surface area contributed by atoms with Crippen LogP contribution in [0.2, 0.25) is 0 Å². The number of carbonyl (C=O) groups is 2. The summed E-state index contributed by atoms with van der Waals surface area (Å²) in [5, 5.41) is 0. The van der Waals surface area contributed by atoms with E-state index in [4.69, 9.17) is 21.7 Å². The summed E-state index contributed by atoms with van der Waals surface area (Å²) < 4.78 is 10.1. The Labute approximate surface area is 150 Å².